The Bertz CT molecular complexity index is 879. The van der Waals surface area contributed by atoms with Gasteiger partial charge in [0.2, 0.25) is 0 Å². The molecular formula is C17H12N2O3. The first kappa shape index (κ1) is 13.8. The van der Waals surface area contributed by atoms with Crippen molar-refractivity contribution in [2.24, 2.45) is 0 Å². The molecule has 5 heteroatoms. The average Bonchev–Trinajstić information content (AvgIpc) is 2.93. The molecule has 1 N–H and O–H groups in total. The smallest absolute Gasteiger partial charge is 0.328 e. The maximum atomic E-state index is 12.4. The second kappa shape index (κ2) is 5.65. The molecule has 0 unspecified atom stereocenters. The van der Waals surface area contributed by atoms with Gasteiger partial charge >= 0.3 is 5.97 Å². The molecule has 0 fully saturated rings. The third-order valence-electron chi connectivity index (χ3n) is 3.21. The molecule has 0 saturated heterocycles. The number of benzene rings is 1. The standard InChI is InChI=1S/C17H12N2O3/c20-14(9-10-15(21)22)16-13-8-4-5-11-19(13)18-17(16)12-6-2-1-3-7-12/h1-11H,(H,21,22). The molecule has 2 heterocycles. The summed E-state index contributed by atoms with van der Waals surface area (Å²) in [6, 6.07) is 14.7. The minimum absolute atomic E-state index is 0.387. The molecule has 0 bridgehead atoms. The Labute approximate surface area is 126 Å². The van der Waals surface area contributed by atoms with E-state index in [0.717, 1.165) is 17.7 Å². The van der Waals surface area contributed by atoms with E-state index >= 15 is 0 Å². The molecule has 0 atom stereocenters. The second-order valence-electron chi connectivity index (χ2n) is 4.66. The highest BCUT2D eigenvalue weighted by Crippen LogP contribution is 2.26. The van der Waals surface area contributed by atoms with Crippen LogP contribution in [0, 0.1) is 0 Å². The lowest BCUT2D eigenvalue weighted by atomic mass is 10.0. The van der Waals surface area contributed by atoms with Crippen molar-refractivity contribution in [1.29, 1.82) is 0 Å². The van der Waals surface area contributed by atoms with E-state index in [1.54, 1.807) is 16.8 Å². The molecule has 0 aliphatic rings. The SMILES string of the molecule is O=C(O)C=CC(=O)c1c(-c2ccccc2)nn2ccccc12. The fourth-order valence-corrected chi connectivity index (χ4v) is 2.27. The summed E-state index contributed by atoms with van der Waals surface area (Å²) in [5, 5.41) is 13.1. The number of fused-ring (bicyclic) bond motifs is 1. The summed E-state index contributed by atoms with van der Waals surface area (Å²) in [5.41, 5.74) is 2.37. The number of aromatic nitrogens is 2. The summed E-state index contributed by atoms with van der Waals surface area (Å²) >= 11 is 0. The zero-order valence-corrected chi connectivity index (χ0v) is 11.5. The van der Waals surface area contributed by atoms with Crippen molar-refractivity contribution in [3.05, 3.63) is 72.4 Å². The maximum Gasteiger partial charge on any atom is 0.328 e. The van der Waals surface area contributed by atoms with Crippen LogP contribution >= 0.6 is 0 Å². The predicted octanol–water partition coefficient (Wildman–Crippen LogP) is 2.82. The van der Waals surface area contributed by atoms with Crippen molar-refractivity contribution in [2.75, 3.05) is 0 Å². The van der Waals surface area contributed by atoms with E-state index < -0.39 is 5.97 Å². The van der Waals surface area contributed by atoms with Gasteiger partial charge in [0.15, 0.2) is 5.78 Å². The fourth-order valence-electron chi connectivity index (χ4n) is 2.27. The van der Waals surface area contributed by atoms with Gasteiger partial charge in [-0.3, -0.25) is 4.79 Å². The minimum atomic E-state index is -1.16. The lowest BCUT2D eigenvalue weighted by molar-refractivity contribution is -0.131. The Morgan fingerprint density at radius 2 is 1.73 bits per heavy atom. The Morgan fingerprint density at radius 1 is 1.00 bits per heavy atom. The molecule has 0 aliphatic carbocycles. The normalized spacial score (nSPS) is 11.1. The number of pyridine rings is 1. The summed E-state index contributed by atoms with van der Waals surface area (Å²) < 4.78 is 1.62. The van der Waals surface area contributed by atoms with E-state index in [1.165, 1.54) is 0 Å². The lowest BCUT2D eigenvalue weighted by Crippen LogP contribution is -1.98. The van der Waals surface area contributed by atoms with Crippen LogP contribution in [-0.2, 0) is 4.79 Å². The number of aliphatic carboxylic acids is 1. The second-order valence-corrected chi connectivity index (χ2v) is 4.66. The topological polar surface area (TPSA) is 71.7 Å². The van der Waals surface area contributed by atoms with Crippen LogP contribution in [0.25, 0.3) is 16.8 Å². The molecule has 1 aromatic carbocycles. The molecule has 0 saturated carbocycles. The molecule has 22 heavy (non-hydrogen) atoms. The zero-order valence-electron chi connectivity index (χ0n) is 11.5. The molecule has 3 aromatic rings. The first-order chi connectivity index (χ1) is 10.7. The Hall–Kier alpha value is -3.21. The van der Waals surface area contributed by atoms with E-state index in [-0.39, 0.29) is 5.78 Å². The molecule has 0 radical (unpaired) electrons. The summed E-state index contributed by atoms with van der Waals surface area (Å²) in [6.45, 7) is 0. The van der Waals surface area contributed by atoms with Crippen molar-refractivity contribution in [2.45, 2.75) is 0 Å². The zero-order chi connectivity index (χ0) is 15.5. The quantitative estimate of drug-likeness (QED) is 0.593. The van der Waals surface area contributed by atoms with Gasteiger partial charge in [-0.25, -0.2) is 9.31 Å². The molecule has 3 rings (SSSR count). The predicted molar refractivity (Wildman–Crippen MR) is 81.7 cm³/mol. The first-order valence-corrected chi connectivity index (χ1v) is 6.65. The van der Waals surface area contributed by atoms with Crippen molar-refractivity contribution in [3.63, 3.8) is 0 Å². The summed E-state index contributed by atoms with van der Waals surface area (Å²) in [7, 11) is 0. The Balaban J connectivity index is 2.22. The molecule has 5 nitrogen and oxygen atoms in total. The number of hydrogen-bond donors (Lipinski definition) is 1. The van der Waals surface area contributed by atoms with Crippen LogP contribution in [0.4, 0.5) is 0 Å². The van der Waals surface area contributed by atoms with E-state index in [9.17, 15) is 9.59 Å². The number of rotatable bonds is 4. The van der Waals surface area contributed by atoms with Gasteiger partial charge in [0.25, 0.3) is 0 Å². The van der Waals surface area contributed by atoms with Gasteiger partial charge in [-0.05, 0) is 18.2 Å². The maximum absolute atomic E-state index is 12.4. The third kappa shape index (κ3) is 2.52. The van der Waals surface area contributed by atoms with Crippen LogP contribution in [0.1, 0.15) is 10.4 Å². The van der Waals surface area contributed by atoms with E-state index in [2.05, 4.69) is 5.10 Å². The Kier molecular flexibility index (Phi) is 3.53. The third-order valence-corrected chi connectivity index (χ3v) is 3.21. The highest BCUT2D eigenvalue weighted by molar-refractivity contribution is 6.14. The molecular weight excluding hydrogens is 280 g/mol. The van der Waals surface area contributed by atoms with Crippen LogP contribution in [0.15, 0.2) is 66.9 Å². The van der Waals surface area contributed by atoms with E-state index in [4.69, 9.17) is 5.11 Å². The number of hydrogen-bond acceptors (Lipinski definition) is 3. The monoisotopic (exact) mass is 292 g/mol. The van der Waals surface area contributed by atoms with Crippen LogP contribution in [-0.4, -0.2) is 26.5 Å². The van der Waals surface area contributed by atoms with Gasteiger partial charge in [-0.2, -0.15) is 5.10 Å². The number of carbonyl (C=O) groups excluding carboxylic acids is 1. The highest BCUT2D eigenvalue weighted by Gasteiger charge is 2.19. The van der Waals surface area contributed by atoms with Crippen molar-refractivity contribution in [3.8, 4) is 11.3 Å². The average molecular weight is 292 g/mol. The number of allylic oxidation sites excluding steroid dienone is 1. The first-order valence-electron chi connectivity index (χ1n) is 6.65. The van der Waals surface area contributed by atoms with Crippen molar-refractivity contribution in [1.82, 2.24) is 9.61 Å². The van der Waals surface area contributed by atoms with Crippen LogP contribution < -0.4 is 0 Å². The van der Waals surface area contributed by atoms with Gasteiger partial charge < -0.3 is 5.11 Å². The number of ketones is 1. The van der Waals surface area contributed by atoms with Crippen LogP contribution in [0.2, 0.25) is 0 Å². The Morgan fingerprint density at radius 3 is 2.45 bits per heavy atom. The lowest BCUT2D eigenvalue weighted by Gasteiger charge is -1.99. The van der Waals surface area contributed by atoms with Gasteiger partial charge in [-0.15, -0.1) is 0 Å². The van der Waals surface area contributed by atoms with Gasteiger partial charge in [-0.1, -0.05) is 36.4 Å². The van der Waals surface area contributed by atoms with E-state index in [0.29, 0.717) is 16.8 Å². The largest absolute Gasteiger partial charge is 0.478 e. The van der Waals surface area contributed by atoms with E-state index in [1.807, 2.05) is 42.5 Å². The molecule has 2 aromatic heterocycles. The fraction of sp³-hybridized carbons (Fsp3) is 0. The van der Waals surface area contributed by atoms with Crippen LogP contribution in [0.5, 0.6) is 0 Å². The number of carboxylic acid groups (broad SMARTS) is 1. The molecule has 108 valence electrons. The van der Waals surface area contributed by atoms with Crippen molar-refractivity contribution < 1.29 is 14.7 Å². The number of carboxylic acids is 1. The van der Waals surface area contributed by atoms with Gasteiger partial charge in [0.1, 0.15) is 5.69 Å². The number of nitrogens with zero attached hydrogens (tertiary/aromatic N) is 2. The molecule has 0 amide bonds. The summed E-state index contributed by atoms with van der Waals surface area (Å²) in [5.74, 6) is -1.55. The highest BCUT2D eigenvalue weighted by atomic mass is 16.4. The number of carbonyl (C=O) groups is 2. The molecule has 0 spiro atoms. The summed E-state index contributed by atoms with van der Waals surface area (Å²) in [6.07, 6.45) is 3.64. The molecule has 0 aliphatic heterocycles. The van der Waals surface area contributed by atoms with Gasteiger partial charge in [0.05, 0.1) is 11.1 Å². The van der Waals surface area contributed by atoms with Crippen LogP contribution in [0.3, 0.4) is 0 Å². The van der Waals surface area contributed by atoms with Gasteiger partial charge in [0, 0.05) is 17.8 Å². The van der Waals surface area contributed by atoms with Crippen molar-refractivity contribution >= 4 is 17.3 Å². The summed E-state index contributed by atoms with van der Waals surface area (Å²) in [4.78, 5) is 23.0. The minimum Gasteiger partial charge on any atom is -0.478 e.